The molecule has 1 aromatic carbocycles. The van der Waals surface area contributed by atoms with Crippen LogP contribution in [-0.4, -0.2) is 29.8 Å². The molecule has 4 nitrogen and oxygen atoms in total. The van der Waals surface area contributed by atoms with E-state index in [0.717, 1.165) is 0 Å². The lowest BCUT2D eigenvalue weighted by Gasteiger charge is -2.15. The van der Waals surface area contributed by atoms with Crippen LogP contribution in [0.1, 0.15) is 13.8 Å². The SMILES string of the molecule is CC(O)CNC(=O)C(C)Oc1ccc(F)cc1. The van der Waals surface area contributed by atoms with Crippen molar-refractivity contribution in [3.05, 3.63) is 30.1 Å². The Kier molecular flexibility index (Phi) is 4.90. The topological polar surface area (TPSA) is 58.6 Å². The number of hydrogen-bond acceptors (Lipinski definition) is 3. The van der Waals surface area contributed by atoms with E-state index in [2.05, 4.69) is 5.32 Å². The molecule has 0 fully saturated rings. The summed E-state index contributed by atoms with van der Waals surface area (Å²) in [4.78, 5) is 11.5. The van der Waals surface area contributed by atoms with Gasteiger partial charge in [0.05, 0.1) is 6.10 Å². The molecule has 0 aliphatic carbocycles. The molecule has 94 valence electrons. The van der Waals surface area contributed by atoms with Crippen molar-refractivity contribution < 1.29 is 19.0 Å². The number of rotatable bonds is 5. The zero-order valence-corrected chi connectivity index (χ0v) is 9.81. The van der Waals surface area contributed by atoms with Gasteiger partial charge in [-0.05, 0) is 38.1 Å². The molecule has 1 aromatic rings. The molecule has 0 heterocycles. The molecule has 2 N–H and O–H groups in total. The first kappa shape index (κ1) is 13.4. The van der Waals surface area contributed by atoms with Gasteiger partial charge in [-0.25, -0.2) is 4.39 Å². The maximum atomic E-state index is 12.6. The van der Waals surface area contributed by atoms with Crippen molar-refractivity contribution in [1.29, 1.82) is 0 Å². The minimum Gasteiger partial charge on any atom is -0.481 e. The van der Waals surface area contributed by atoms with Crippen molar-refractivity contribution in [3.63, 3.8) is 0 Å². The van der Waals surface area contributed by atoms with Gasteiger partial charge in [0, 0.05) is 6.54 Å². The Morgan fingerprint density at radius 3 is 2.53 bits per heavy atom. The zero-order chi connectivity index (χ0) is 12.8. The average molecular weight is 241 g/mol. The van der Waals surface area contributed by atoms with Crippen LogP contribution in [0.2, 0.25) is 0 Å². The molecule has 0 aromatic heterocycles. The van der Waals surface area contributed by atoms with Crippen LogP contribution >= 0.6 is 0 Å². The standard InChI is InChI=1S/C12H16FNO3/c1-8(15)7-14-12(16)9(2)17-11-5-3-10(13)4-6-11/h3-6,8-9,15H,7H2,1-2H3,(H,14,16). The largest absolute Gasteiger partial charge is 0.481 e. The number of ether oxygens (including phenoxy) is 1. The summed E-state index contributed by atoms with van der Waals surface area (Å²) in [5, 5.41) is 11.5. The number of aliphatic hydroxyl groups excluding tert-OH is 1. The number of benzene rings is 1. The molecule has 0 bridgehead atoms. The van der Waals surface area contributed by atoms with E-state index < -0.39 is 12.2 Å². The van der Waals surface area contributed by atoms with E-state index >= 15 is 0 Å². The fraction of sp³-hybridized carbons (Fsp3) is 0.417. The Morgan fingerprint density at radius 1 is 1.41 bits per heavy atom. The zero-order valence-electron chi connectivity index (χ0n) is 9.81. The van der Waals surface area contributed by atoms with Crippen molar-refractivity contribution >= 4 is 5.91 Å². The smallest absolute Gasteiger partial charge is 0.260 e. The molecule has 1 rings (SSSR count). The number of amides is 1. The van der Waals surface area contributed by atoms with Gasteiger partial charge >= 0.3 is 0 Å². The van der Waals surface area contributed by atoms with Gasteiger partial charge in [0.25, 0.3) is 5.91 Å². The monoisotopic (exact) mass is 241 g/mol. The van der Waals surface area contributed by atoms with Crippen molar-refractivity contribution in [3.8, 4) is 5.75 Å². The van der Waals surface area contributed by atoms with E-state index in [1.54, 1.807) is 13.8 Å². The second-order valence-corrected chi connectivity index (χ2v) is 3.81. The van der Waals surface area contributed by atoms with E-state index in [1.807, 2.05) is 0 Å². The minimum absolute atomic E-state index is 0.177. The van der Waals surface area contributed by atoms with Gasteiger partial charge in [-0.15, -0.1) is 0 Å². The third kappa shape index (κ3) is 4.82. The molecule has 1 amide bonds. The van der Waals surface area contributed by atoms with Crippen molar-refractivity contribution in [1.82, 2.24) is 5.32 Å². The average Bonchev–Trinajstić information content (AvgIpc) is 2.28. The minimum atomic E-state index is -0.695. The summed E-state index contributed by atoms with van der Waals surface area (Å²) in [6.45, 7) is 3.34. The van der Waals surface area contributed by atoms with Crippen LogP contribution in [0.25, 0.3) is 0 Å². The molecule has 17 heavy (non-hydrogen) atoms. The maximum absolute atomic E-state index is 12.6. The number of nitrogens with one attached hydrogen (secondary N) is 1. The molecule has 0 spiro atoms. The molecule has 0 aliphatic rings. The van der Waals surface area contributed by atoms with Gasteiger partial charge < -0.3 is 15.2 Å². The molecule has 2 atom stereocenters. The Bertz CT molecular complexity index is 365. The quantitative estimate of drug-likeness (QED) is 0.811. The lowest BCUT2D eigenvalue weighted by molar-refractivity contribution is -0.127. The van der Waals surface area contributed by atoms with E-state index in [9.17, 15) is 9.18 Å². The highest BCUT2D eigenvalue weighted by molar-refractivity contribution is 5.80. The van der Waals surface area contributed by atoms with Gasteiger partial charge in [-0.3, -0.25) is 4.79 Å². The molecule has 2 unspecified atom stereocenters. The predicted octanol–water partition coefficient (Wildman–Crippen LogP) is 1.09. The summed E-state index contributed by atoms with van der Waals surface area (Å²) in [6.07, 6.45) is -1.30. The second kappa shape index (κ2) is 6.20. The molecule has 0 saturated heterocycles. The number of hydrogen-bond donors (Lipinski definition) is 2. The van der Waals surface area contributed by atoms with Crippen molar-refractivity contribution in [2.75, 3.05) is 6.54 Å². The van der Waals surface area contributed by atoms with E-state index in [4.69, 9.17) is 9.84 Å². The van der Waals surface area contributed by atoms with Crippen LogP contribution in [0, 0.1) is 5.82 Å². The summed E-state index contributed by atoms with van der Waals surface area (Å²) >= 11 is 0. The Morgan fingerprint density at radius 2 is 2.00 bits per heavy atom. The Hall–Kier alpha value is -1.62. The lowest BCUT2D eigenvalue weighted by Crippen LogP contribution is -2.39. The molecular weight excluding hydrogens is 225 g/mol. The molecule has 0 saturated carbocycles. The number of halogens is 1. The first-order valence-corrected chi connectivity index (χ1v) is 5.37. The van der Waals surface area contributed by atoms with E-state index in [-0.39, 0.29) is 18.3 Å². The van der Waals surface area contributed by atoms with Gasteiger partial charge in [0.1, 0.15) is 11.6 Å². The number of carbonyl (C=O) groups excluding carboxylic acids is 1. The molecule has 5 heteroatoms. The molecule has 0 radical (unpaired) electrons. The molecule has 0 aliphatic heterocycles. The third-order valence-electron chi connectivity index (χ3n) is 2.07. The first-order chi connectivity index (χ1) is 7.99. The van der Waals surface area contributed by atoms with E-state index in [0.29, 0.717) is 5.75 Å². The van der Waals surface area contributed by atoms with Gasteiger partial charge in [-0.1, -0.05) is 0 Å². The summed E-state index contributed by atoms with van der Waals surface area (Å²) in [5.41, 5.74) is 0. The van der Waals surface area contributed by atoms with Gasteiger partial charge in [0.15, 0.2) is 6.10 Å². The van der Waals surface area contributed by atoms with Crippen LogP contribution < -0.4 is 10.1 Å². The van der Waals surface area contributed by atoms with Crippen LogP contribution in [-0.2, 0) is 4.79 Å². The number of carbonyl (C=O) groups is 1. The first-order valence-electron chi connectivity index (χ1n) is 5.37. The van der Waals surface area contributed by atoms with Crippen LogP contribution in [0.4, 0.5) is 4.39 Å². The highest BCUT2D eigenvalue weighted by Crippen LogP contribution is 2.12. The predicted molar refractivity (Wildman–Crippen MR) is 61.2 cm³/mol. The maximum Gasteiger partial charge on any atom is 0.260 e. The summed E-state index contributed by atoms with van der Waals surface area (Å²) in [7, 11) is 0. The summed E-state index contributed by atoms with van der Waals surface area (Å²) < 4.78 is 17.9. The highest BCUT2D eigenvalue weighted by atomic mass is 19.1. The highest BCUT2D eigenvalue weighted by Gasteiger charge is 2.14. The second-order valence-electron chi connectivity index (χ2n) is 3.81. The van der Waals surface area contributed by atoms with E-state index in [1.165, 1.54) is 24.3 Å². The Balaban J connectivity index is 2.45. The van der Waals surface area contributed by atoms with Crippen molar-refractivity contribution in [2.24, 2.45) is 0 Å². The normalized spacial score (nSPS) is 13.9. The van der Waals surface area contributed by atoms with Crippen LogP contribution in [0.15, 0.2) is 24.3 Å². The van der Waals surface area contributed by atoms with Gasteiger partial charge in [0.2, 0.25) is 0 Å². The van der Waals surface area contributed by atoms with Gasteiger partial charge in [-0.2, -0.15) is 0 Å². The fourth-order valence-corrected chi connectivity index (χ4v) is 1.16. The molecular formula is C12H16FNO3. The summed E-state index contributed by atoms with van der Waals surface area (Å²) in [6, 6.07) is 5.42. The summed E-state index contributed by atoms with van der Waals surface area (Å²) in [5.74, 6) is -0.259. The number of aliphatic hydroxyl groups is 1. The third-order valence-corrected chi connectivity index (χ3v) is 2.07. The lowest BCUT2D eigenvalue weighted by atomic mass is 10.3. The Labute approximate surface area is 99.4 Å². The van der Waals surface area contributed by atoms with Crippen molar-refractivity contribution in [2.45, 2.75) is 26.1 Å². The van der Waals surface area contributed by atoms with Crippen LogP contribution in [0.5, 0.6) is 5.75 Å². The fourth-order valence-electron chi connectivity index (χ4n) is 1.16. The van der Waals surface area contributed by atoms with Crippen LogP contribution in [0.3, 0.4) is 0 Å².